The summed E-state index contributed by atoms with van der Waals surface area (Å²) >= 11 is 3.45. The summed E-state index contributed by atoms with van der Waals surface area (Å²) in [6, 6.07) is 4.69. The van der Waals surface area contributed by atoms with Crippen LogP contribution in [0.3, 0.4) is 0 Å². The summed E-state index contributed by atoms with van der Waals surface area (Å²) in [6.07, 6.45) is 0. The fourth-order valence-electron chi connectivity index (χ4n) is 1.34. The van der Waals surface area contributed by atoms with E-state index < -0.39 is 12.1 Å². The van der Waals surface area contributed by atoms with Gasteiger partial charge in [-0.1, -0.05) is 12.1 Å². The van der Waals surface area contributed by atoms with Crippen molar-refractivity contribution in [3.8, 4) is 0 Å². The molecule has 0 aliphatic heterocycles. The first-order valence-corrected chi connectivity index (χ1v) is 6.29. The van der Waals surface area contributed by atoms with Gasteiger partial charge in [0.25, 0.3) is 0 Å². The zero-order valence-electron chi connectivity index (χ0n) is 10.5. The van der Waals surface area contributed by atoms with Gasteiger partial charge in [-0.15, -0.1) is 0 Å². The van der Waals surface area contributed by atoms with Crippen molar-refractivity contribution in [2.75, 3.05) is 12.4 Å². The molecule has 0 heterocycles. The van der Waals surface area contributed by atoms with Crippen LogP contribution in [0.4, 0.5) is 10.5 Å². The maximum Gasteiger partial charge on any atom is 0.321 e. The van der Waals surface area contributed by atoms with Crippen LogP contribution in [0.25, 0.3) is 0 Å². The summed E-state index contributed by atoms with van der Waals surface area (Å²) in [6.45, 7) is 3.65. The molecule has 0 aliphatic carbocycles. The Morgan fingerprint density at radius 3 is 2.61 bits per heavy atom. The third-order valence-electron chi connectivity index (χ3n) is 2.42. The lowest BCUT2D eigenvalue weighted by Gasteiger charge is -2.16. The highest BCUT2D eigenvalue weighted by atomic mass is 79.9. The zero-order valence-corrected chi connectivity index (χ0v) is 12.1. The van der Waals surface area contributed by atoms with Crippen molar-refractivity contribution in [2.45, 2.75) is 19.9 Å². The van der Waals surface area contributed by atoms with Gasteiger partial charge in [-0.25, -0.2) is 4.79 Å². The first-order valence-electron chi connectivity index (χ1n) is 5.50. The van der Waals surface area contributed by atoms with E-state index in [2.05, 4.69) is 31.9 Å². The van der Waals surface area contributed by atoms with Crippen LogP contribution in [-0.2, 0) is 4.79 Å². The Hall–Kier alpha value is -1.56. The standard InChI is InChI=1S/C12H16BrN3O2/c1-7-5-4-6-9(10(7)13)15-8(2)11(17)16-12(18)14-3/h4-6,8,15H,1-3H3,(H2,14,16,17,18). The average molecular weight is 314 g/mol. The van der Waals surface area contributed by atoms with Gasteiger partial charge < -0.3 is 10.6 Å². The lowest BCUT2D eigenvalue weighted by atomic mass is 10.2. The number of anilines is 1. The fraction of sp³-hybridized carbons (Fsp3) is 0.333. The quantitative estimate of drug-likeness (QED) is 0.799. The largest absolute Gasteiger partial charge is 0.373 e. The van der Waals surface area contributed by atoms with Crippen LogP contribution in [0.5, 0.6) is 0 Å². The molecule has 98 valence electrons. The van der Waals surface area contributed by atoms with Crippen molar-refractivity contribution in [1.82, 2.24) is 10.6 Å². The third kappa shape index (κ3) is 3.73. The highest BCUT2D eigenvalue weighted by Gasteiger charge is 2.16. The van der Waals surface area contributed by atoms with Gasteiger partial charge in [-0.05, 0) is 41.4 Å². The molecule has 0 saturated heterocycles. The first-order chi connectivity index (χ1) is 8.45. The molecule has 0 spiro atoms. The number of imide groups is 1. The van der Waals surface area contributed by atoms with Crippen molar-refractivity contribution in [1.29, 1.82) is 0 Å². The molecule has 3 N–H and O–H groups in total. The van der Waals surface area contributed by atoms with Crippen molar-refractivity contribution < 1.29 is 9.59 Å². The van der Waals surface area contributed by atoms with Gasteiger partial charge in [0.2, 0.25) is 5.91 Å². The van der Waals surface area contributed by atoms with Crippen molar-refractivity contribution in [3.05, 3.63) is 28.2 Å². The number of rotatable bonds is 3. The molecular weight excluding hydrogens is 298 g/mol. The Bertz CT molecular complexity index is 463. The zero-order chi connectivity index (χ0) is 13.7. The van der Waals surface area contributed by atoms with E-state index in [4.69, 9.17) is 0 Å². The third-order valence-corrected chi connectivity index (χ3v) is 3.47. The minimum atomic E-state index is -0.517. The van der Waals surface area contributed by atoms with Gasteiger partial charge in [0.05, 0.1) is 0 Å². The molecule has 6 heteroatoms. The van der Waals surface area contributed by atoms with Gasteiger partial charge in [-0.2, -0.15) is 0 Å². The highest BCUT2D eigenvalue weighted by molar-refractivity contribution is 9.10. The second-order valence-corrected chi connectivity index (χ2v) is 4.66. The topological polar surface area (TPSA) is 70.2 Å². The summed E-state index contributed by atoms with van der Waals surface area (Å²) < 4.78 is 0.907. The van der Waals surface area contributed by atoms with E-state index in [0.717, 1.165) is 15.7 Å². The SMILES string of the molecule is CNC(=O)NC(=O)C(C)Nc1cccc(C)c1Br. The second kappa shape index (κ2) is 6.39. The number of aryl methyl sites for hydroxylation is 1. The van der Waals surface area contributed by atoms with E-state index in [-0.39, 0.29) is 5.91 Å². The molecule has 1 atom stereocenters. The van der Waals surface area contributed by atoms with Crippen LogP contribution in [0.15, 0.2) is 22.7 Å². The Balaban J connectivity index is 2.69. The van der Waals surface area contributed by atoms with Gasteiger partial charge in [0.1, 0.15) is 6.04 Å². The Kier molecular flexibility index (Phi) is 5.15. The number of amides is 3. The molecule has 18 heavy (non-hydrogen) atoms. The van der Waals surface area contributed by atoms with Gasteiger partial charge in [-0.3, -0.25) is 10.1 Å². The van der Waals surface area contributed by atoms with Crippen molar-refractivity contribution >= 4 is 33.6 Å². The van der Waals surface area contributed by atoms with E-state index >= 15 is 0 Å². The normalized spacial score (nSPS) is 11.6. The molecule has 1 rings (SSSR count). The summed E-state index contributed by atoms with van der Waals surface area (Å²) in [5, 5.41) is 7.59. The molecule has 0 fully saturated rings. The van der Waals surface area contributed by atoms with Crippen LogP contribution in [0.1, 0.15) is 12.5 Å². The number of benzene rings is 1. The molecule has 0 bridgehead atoms. The molecule has 1 aromatic rings. The molecule has 0 radical (unpaired) electrons. The lowest BCUT2D eigenvalue weighted by molar-refractivity contribution is -0.120. The molecule has 1 aromatic carbocycles. The highest BCUT2D eigenvalue weighted by Crippen LogP contribution is 2.26. The van der Waals surface area contributed by atoms with Crippen LogP contribution in [-0.4, -0.2) is 25.0 Å². The van der Waals surface area contributed by atoms with Gasteiger partial charge in [0, 0.05) is 17.2 Å². The molecule has 0 aromatic heterocycles. The van der Waals surface area contributed by atoms with E-state index in [1.807, 2.05) is 25.1 Å². The summed E-state index contributed by atoms with van der Waals surface area (Å²) in [5.41, 5.74) is 1.88. The molecule has 5 nitrogen and oxygen atoms in total. The Morgan fingerprint density at radius 1 is 1.33 bits per heavy atom. The van der Waals surface area contributed by atoms with Gasteiger partial charge >= 0.3 is 6.03 Å². The van der Waals surface area contributed by atoms with Crippen LogP contribution in [0, 0.1) is 6.92 Å². The minimum absolute atomic E-state index is 0.386. The predicted octanol–water partition coefficient (Wildman–Crippen LogP) is 2.01. The van der Waals surface area contributed by atoms with Crippen molar-refractivity contribution in [3.63, 3.8) is 0 Å². The predicted molar refractivity (Wildman–Crippen MR) is 74.6 cm³/mol. The number of urea groups is 1. The van der Waals surface area contributed by atoms with Crippen LogP contribution >= 0.6 is 15.9 Å². The number of carbonyl (C=O) groups is 2. The first kappa shape index (κ1) is 14.5. The second-order valence-electron chi connectivity index (χ2n) is 3.87. The lowest BCUT2D eigenvalue weighted by Crippen LogP contribution is -2.44. The average Bonchev–Trinajstić information content (AvgIpc) is 2.34. The van der Waals surface area contributed by atoms with E-state index in [9.17, 15) is 9.59 Å². The molecular formula is C12H16BrN3O2. The molecule has 3 amide bonds. The number of carbonyl (C=O) groups excluding carboxylic acids is 2. The fourth-order valence-corrected chi connectivity index (χ4v) is 1.72. The van der Waals surface area contributed by atoms with E-state index in [1.165, 1.54) is 7.05 Å². The van der Waals surface area contributed by atoms with E-state index in [0.29, 0.717) is 0 Å². The summed E-state index contributed by atoms with van der Waals surface area (Å²) in [4.78, 5) is 22.7. The van der Waals surface area contributed by atoms with Crippen LogP contribution in [0.2, 0.25) is 0 Å². The maximum absolute atomic E-state index is 11.7. The molecule has 1 unspecified atom stereocenters. The number of hydrogen-bond acceptors (Lipinski definition) is 3. The number of hydrogen-bond donors (Lipinski definition) is 3. The maximum atomic E-state index is 11.7. The molecule has 0 aliphatic rings. The number of nitrogens with one attached hydrogen (secondary N) is 3. The monoisotopic (exact) mass is 313 g/mol. The Morgan fingerprint density at radius 2 is 2.00 bits per heavy atom. The Labute approximate surface area is 114 Å². The van der Waals surface area contributed by atoms with E-state index in [1.54, 1.807) is 6.92 Å². The number of halogens is 1. The van der Waals surface area contributed by atoms with Crippen molar-refractivity contribution in [2.24, 2.45) is 0 Å². The smallest absolute Gasteiger partial charge is 0.321 e. The van der Waals surface area contributed by atoms with Gasteiger partial charge in [0.15, 0.2) is 0 Å². The summed E-state index contributed by atoms with van der Waals surface area (Å²) in [5.74, 6) is -0.386. The minimum Gasteiger partial charge on any atom is -0.373 e. The molecule has 0 saturated carbocycles. The summed E-state index contributed by atoms with van der Waals surface area (Å²) in [7, 11) is 1.46. The van der Waals surface area contributed by atoms with Crippen LogP contribution < -0.4 is 16.0 Å².